The highest BCUT2D eigenvalue weighted by molar-refractivity contribution is 6.36. The molecule has 0 spiro atoms. The Labute approximate surface area is 101 Å². The van der Waals surface area contributed by atoms with Crippen LogP contribution in [0.3, 0.4) is 0 Å². The molecule has 0 fully saturated rings. The quantitative estimate of drug-likeness (QED) is 0.582. The van der Waals surface area contributed by atoms with E-state index >= 15 is 0 Å². The van der Waals surface area contributed by atoms with Crippen molar-refractivity contribution < 1.29 is 14.3 Å². The molecule has 1 rings (SSSR count). The molecule has 4 nitrogen and oxygen atoms in total. The van der Waals surface area contributed by atoms with Crippen molar-refractivity contribution in [3.05, 3.63) is 24.3 Å². The minimum Gasteiger partial charge on any atom is -0.497 e. The molecule has 4 heteroatoms. The zero-order valence-electron chi connectivity index (χ0n) is 10.4. The number of hydrogen-bond acceptors (Lipinski definition) is 4. The highest BCUT2D eigenvalue weighted by atomic mass is 16.5. The topological polar surface area (TPSA) is 47.9 Å². The van der Waals surface area contributed by atoms with E-state index < -0.39 is 0 Å². The van der Waals surface area contributed by atoms with Crippen LogP contribution in [-0.4, -0.2) is 25.9 Å². The Morgan fingerprint density at radius 2 is 1.88 bits per heavy atom. The van der Waals surface area contributed by atoms with Crippen LogP contribution in [0.2, 0.25) is 0 Å². The highest BCUT2D eigenvalue weighted by Crippen LogP contribution is 2.18. The zero-order valence-corrected chi connectivity index (χ0v) is 10.4. The maximum Gasteiger partial charge on any atom is 0.352 e. The first kappa shape index (κ1) is 13.2. The molecule has 0 radical (unpaired) electrons. The van der Waals surface area contributed by atoms with Gasteiger partial charge in [0, 0.05) is 0 Å². The minimum absolute atomic E-state index is 0.373. The molecule has 17 heavy (non-hydrogen) atoms. The summed E-state index contributed by atoms with van der Waals surface area (Å²) < 4.78 is 9.74. The summed E-state index contributed by atoms with van der Waals surface area (Å²) >= 11 is 0. The van der Waals surface area contributed by atoms with Gasteiger partial charge in [0.25, 0.3) is 0 Å². The third-order valence-electron chi connectivity index (χ3n) is 2.24. The van der Waals surface area contributed by atoms with E-state index in [4.69, 9.17) is 4.74 Å². The van der Waals surface area contributed by atoms with Crippen LogP contribution in [0.4, 0.5) is 5.69 Å². The lowest BCUT2D eigenvalue weighted by Gasteiger charge is -2.03. The summed E-state index contributed by atoms with van der Waals surface area (Å²) in [4.78, 5) is 15.7. The summed E-state index contributed by atoms with van der Waals surface area (Å²) in [6.45, 7) is 1.99. The Bertz CT molecular complexity index is 396. The second-order valence-corrected chi connectivity index (χ2v) is 3.50. The van der Waals surface area contributed by atoms with E-state index in [9.17, 15) is 4.79 Å². The maximum absolute atomic E-state index is 11.5. The molecule has 0 heterocycles. The summed E-state index contributed by atoms with van der Waals surface area (Å²) in [5.74, 6) is 0.390. The van der Waals surface area contributed by atoms with Crippen LogP contribution in [0.5, 0.6) is 5.75 Å². The Kier molecular flexibility index (Phi) is 5.20. The third kappa shape index (κ3) is 3.90. The van der Waals surface area contributed by atoms with Gasteiger partial charge in [-0.2, -0.15) is 0 Å². The first-order valence-corrected chi connectivity index (χ1v) is 5.51. The summed E-state index contributed by atoms with van der Waals surface area (Å²) in [5, 5.41) is 0. The van der Waals surface area contributed by atoms with E-state index in [0.717, 1.165) is 17.9 Å². The normalized spacial score (nSPS) is 11.1. The summed E-state index contributed by atoms with van der Waals surface area (Å²) in [5.41, 5.74) is 1.17. The summed E-state index contributed by atoms with van der Waals surface area (Å²) in [6.07, 6.45) is 1.46. The molecule has 0 amide bonds. The second kappa shape index (κ2) is 6.68. The summed E-state index contributed by atoms with van der Waals surface area (Å²) in [7, 11) is 2.97. The Hall–Kier alpha value is -1.84. The van der Waals surface area contributed by atoms with Crippen molar-refractivity contribution in [2.45, 2.75) is 19.8 Å². The average molecular weight is 235 g/mol. The molecule has 0 N–H and O–H groups in total. The van der Waals surface area contributed by atoms with Crippen LogP contribution >= 0.6 is 0 Å². The Morgan fingerprint density at radius 1 is 1.24 bits per heavy atom. The van der Waals surface area contributed by atoms with Gasteiger partial charge in [-0.15, -0.1) is 0 Å². The maximum atomic E-state index is 11.5. The lowest BCUT2D eigenvalue weighted by Crippen LogP contribution is -2.15. The standard InChI is InChI=1S/C13H17NO3/c1-4-5-12(13(15)17-3)14-10-6-8-11(16-2)9-7-10/h6-9H,4-5H2,1-3H3. The van der Waals surface area contributed by atoms with Crippen molar-refractivity contribution in [2.24, 2.45) is 4.99 Å². The molecule has 92 valence electrons. The lowest BCUT2D eigenvalue weighted by molar-refractivity contribution is -0.132. The third-order valence-corrected chi connectivity index (χ3v) is 2.24. The highest BCUT2D eigenvalue weighted by Gasteiger charge is 2.10. The Balaban J connectivity index is 2.91. The lowest BCUT2D eigenvalue weighted by atomic mass is 10.2. The predicted octanol–water partition coefficient (Wildman–Crippen LogP) is 2.74. The van der Waals surface area contributed by atoms with Crippen molar-refractivity contribution in [2.75, 3.05) is 14.2 Å². The number of rotatable bonds is 5. The van der Waals surface area contributed by atoms with Gasteiger partial charge in [-0.05, 0) is 30.7 Å². The second-order valence-electron chi connectivity index (χ2n) is 3.50. The number of aliphatic imine (C=N–C) groups is 1. The molecule has 0 atom stereocenters. The van der Waals surface area contributed by atoms with Gasteiger partial charge in [-0.25, -0.2) is 9.79 Å². The molecule has 1 aromatic carbocycles. The van der Waals surface area contributed by atoms with Gasteiger partial charge in [0.2, 0.25) is 0 Å². The van der Waals surface area contributed by atoms with Crippen LogP contribution in [0.15, 0.2) is 29.3 Å². The van der Waals surface area contributed by atoms with E-state index in [1.165, 1.54) is 7.11 Å². The van der Waals surface area contributed by atoms with Crippen molar-refractivity contribution in [3.8, 4) is 5.75 Å². The fourth-order valence-electron chi connectivity index (χ4n) is 1.37. The fraction of sp³-hybridized carbons (Fsp3) is 0.385. The Morgan fingerprint density at radius 3 is 2.35 bits per heavy atom. The zero-order chi connectivity index (χ0) is 12.7. The van der Waals surface area contributed by atoms with Gasteiger partial charge < -0.3 is 9.47 Å². The van der Waals surface area contributed by atoms with Gasteiger partial charge in [0.1, 0.15) is 11.5 Å². The van der Waals surface area contributed by atoms with E-state index in [0.29, 0.717) is 12.1 Å². The monoisotopic (exact) mass is 235 g/mol. The van der Waals surface area contributed by atoms with Crippen molar-refractivity contribution in [1.82, 2.24) is 0 Å². The van der Waals surface area contributed by atoms with Gasteiger partial charge in [0.15, 0.2) is 0 Å². The number of methoxy groups -OCH3 is 2. The molecule has 0 saturated heterocycles. The van der Waals surface area contributed by atoms with Crippen molar-refractivity contribution >= 4 is 17.4 Å². The van der Waals surface area contributed by atoms with Gasteiger partial charge in [0.05, 0.1) is 19.9 Å². The number of esters is 1. The summed E-state index contributed by atoms with van der Waals surface area (Å²) in [6, 6.07) is 7.22. The van der Waals surface area contributed by atoms with E-state index in [-0.39, 0.29) is 5.97 Å². The van der Waals surface area contributed by atoms with Crippen LogP contribution in [0.1, 0.15) is 19.8 Å². The largest absolute Gasteiger partial charge is 0.497 e. The molecule has 1 aromatic rings. The molecule has 0 aliphatic rings. The number of hydrogen-bond donors (Lipinski definition) is 0. The number of carbonyl (C=O) groups is 1. The molecule has 0 aliphatic heterocycles. The fourth-order valence-corrected chi connectivity index (χ4v) is 1.37. The molecule has 0 unspecified atom stereocenters. The molecular weight excluding hydrogens is 218 g/mol. The SMILES string of the molecule is CCCC(=Nc1ccc(OC)cc1)C(=O)OC. The number of ether oxygens (including phenoxy) is 2. The molecular formula is C13H17NO3. The smallest absolute Gasteiger partial charge is 0.352 e. The van der Waals surface area contributed by atoms with Gasteiger partial charge in [-0.1, -0.05) is 13.3 Å². The average Bonchev–Trinajstić information content (AvgIpc) is 2.38. The van der Waals surface area contributed by atoms with Gasteiger partial charge >= 0.3 is 5.97 Å². The molecule has 0 aliphatic carbocycles. The van der Waals surface area contributed by atoms with Crippen LogP contribution in [0, 0.1) is 0 Å². The minimum atomic E-state index is -0.373. The van der Waals surface area contributed by atoms with Gasteiger partial charge in [-0.3, -0.25) is 0 Å². The molecule has 0 saturated carbocycles. The van der Waals surface area contributed by atoms with Crippen molar-refractivity contribution in [3.63, 3.8) is 0 Å². The first-order chi connectivity index (χ1) is 8.21. The predicted molar refractivity (Wildman–Crippen MR) is 67.0 cm³/mol. The number of carbonyl (C=O) groups excluding carboxylic acids is 1. The molecule has 0 bridgehead atoms. The van der Waals surface area contributed by atoms with E-state index in [1.54, 1.807) is 31.4 Å². The number of nitrogens with zero attached hydrogens (tertiary/aromatic N) is 1. The van der Waals surface area contributed by atoms with Crippen LogP contribution < -0.4 is 4.74 Å². The van der Waals surface area contributed by atoms with Crippen LogP contribution in [0.25, 0.3) is 0 Å². The number of benzene rings is 1. The van der Waals surface area contributed by atoms with Crippen molar-refractivity contribution in [1.29, 1.82) is 0 Å². The molecule has 0 aromatic heterocycles. The van der Waals surface area contributed by atoms with Crippen LogP contribution in [-0.2, 0) is 9.53 Å². The first-order valence-electron chi connectivity index (χ1n) is 5.51. The van der Waals surface area contributed by atoms with E-state index in [2.05, 4.69) is 9.73 Å². The van der Waals surface area contributed by atoms with E-state index in [1.807, 2.05) is 6.92 Å².